The molecule has 1 heterocycles. The lowest BCUT2D eigenvalue weighted by Crippen LogP contribution is -2.38. The highest BCUT2D eigenvalue weighted by Gasteiger charge is 2.34. The Labute approximate surface area is 140 Å². The van der Waals surface area contributed by atoms with E-state index in [1.807, 2.05) is 41.5 Å². The molecular formula is C20H28O3. The van der Waals surface area contributed by atoms with Gasteiger partial charge in [-0.05, 0) is 37.8 Å². The first-order chi connectivity index (χ1) is 10.2. The van der Waals surface area contributed by atoms with Crippen LogP contribution in [-0.2, 0) is 0 Å². The highest BCUT2D eigenvalue weighted by atomic mass is 16.3. The first-order valence-corrected chi connectivity index (χ1v) is 7.77. The zero-order valence-electron chi connectivity index (χ0n) is 15.5. The molecule has 0 aromatic carbocycles. The van der Waals surface area contributed by atoms with E-state index in [1.165, 1.54) is 0 Å². The largest absolute Gasteiger partial charge is 0.439 e. The van der Waals surface area contributed by atoms with E-state index in [0.717, 1.165) is 0 Å². The van der Waals surface area contributed by atoms with E-state index in [2.05, 4.69) is 23.7 Å². The van der Waals surface area contributed by atoms with Crippen LogP contribution in [-0.4, -0.2) is 21.4 Å². The molecule has 1 rings (SSSR count). The quantitative estimate of drug-likeness (QED) is 0.719. The maximum Gasteiger partial charge on any atom is 0.178 e. The molecular weight excluding hydrogens is 288 g/mol. The van der Waals surface area contributed by atoms with Gasteiger partial charge < -0.3 is 14.6 Å². The third kappa shape index (κ3) is 4.90. The van der Waals surface area contributed by atoms with Crippen molar-refractivity contribution < 1.29 is 14.6 Å². The average Bonchev–Trinajstić information content (AvgIpc) is 2.79. The van der Waals surface area contributed by atoms with Gasteiger partial charge in [-0.15, -0.1) is 0 Å². The minimum Gasteiger partial charge on any atom is -0.439 e. The molecule has 1 aromatic rings. The van der Waals surface area contributed by atoms with E-state index in [1.54, 1.807) is 26.0 Å². The van der Waals surface area contributed by atoms with Crippen molar-refractivity contribution in [2.45, 2.75) is 66.6 Å². The predicted octanol–water partition coefficient (Wildman–Crippen LogP) is 3.58. The lowest BCUT2D eigenvalue weighted by Gasteiger charge is -2.32. The van der Waals surface area contributed by atoms with E-state index >= 15 is 0 Å². The fourth-order valence-electron chi connectivity index (χ4n) is 1.21. The van der Waals surface area contributed by atoms with Crippen LogP contribution in [0.3, 0.4) is 0 Å². The topological polar surface area (TPSA) is 53.6 Å². The summed E-state index contributed by atoms with van der Waals surface area (Å²) < 4.78 is 5.53. The van der Waals surface area contributed by atoms with E-state index in [-0.39, 0.29) is 10.8 Å². The molecule has 0 aliphatic rings. The normalized spacial score (nSPS) is 17.1. The summed E-state index contributed by atoms with van der Waals surface area (Å²) in [6.45, 7) is 14.9. The highest BCUT2D eigenvalue weighted by molar-refractivity contribution is 5.36. The summed E-state index contributed by atoms with van der Waals surface area (Å²) in [7, 11) is 0. The number of aliphatic hydroxyl groups is 2. The summed E-state index contributed by atoms with van der Waals surface area (Å²) in [4.78, 5) is 0. The van der Waals surface area contributed by atoms with Gasteiger partial charge in [-0.2, -0.15) is 0 Å². The van der Waals surface area contributed by atoms with Gasteiger partial charge in [0.15, 0.2) is 11.5 Å². The van der Waals surface area contributed by atoms with Crippen molar-refractivity contribution in [1.82, 2.24) is 0 Å². The van der Waals surface area contributed by atoms with E-state index in [0.29, 0.717) is 11.5 Å². The van der Waals surface area contributed by atoms with Crippen LogP contribution in [0.25, 0.3) is 0 Å². The second kappa shape index (κ2) is 6.08. The third-order valence-electron chi connectivity index (χ3n) is 4.39. The molecule has 0 fully saturated rings. The second-order valence-corrected chi connectivity index (χ2v) is 8.31. The number of rotatable bonds is 0. The van der Waals surface area contributed by atoms with Crippen molar-refractivity contribution in [1.29, 1.82) is 0 Å². The SMILES string of the molecule is CC(C)(C)C(C)(O)C#Cc1ccc(C#CC(C)(O)C(C)(C)C)o1. The first-order valence-electron chi connectivity index (χ1n) is 7.77. The maximum atomic E-state index is 10.3. The molecule has 3 nitrogen and oxygen atoms in total. The monoisotopic (exact) mass is 316 g/mol. The summed E-state index contributed by atoms with van der Waals surface area (Å²) in [6, 6.07) is 3.42. The van der Waals surface area contributed by atoms with Crippen LogP contribution in [0, 0.1) is 34.5 Å². The van der Waals surface area contributed by atoms with Crippen molar-refractivity contribution >= 4 is 0 Å². The smallest absolute Gasteiger partial charge is 0.178 e. The molecule has 3 heteroatoms. The van der Waals surface area contributed by atoms with Gasteiger partial charge in [0.2, 0.25) is 0 Å². The van der Waals surface area contributed by atoms with Gasteiger partial charge in [0.25, 0.3) is 0 Å². The van der Waals surface area contributed by atoms with E-state index < -0.39 is 11.2 Å². The van der Waals surface area contributed by atoms with Crippen LogP contribution in [0.1, 0.15) is 66.9 Å². The van der Waals surface area contributed by atoms with Crippen molar-refractivity contribution in [3.05, 3.63) is 23.7 Å². The minimum atomic E-state index is -1.12. The predicted molar refractivity (Wildman–Crippen MR) is 92.6 cm³/mol. The number of furan rings is 1. The Morgan fingerprint density at radius 2 is 1.00 bits per heavy atom. The first kappa shape index (κ1) is 19.4. The Morgan fingerprint density at radius 3 is 1.26 bits per heavy atom. The Kier molecular flexibility index (Phi) is 5.12. The molecule has 0 aliphatic carbocycles. The van der Waals surface area contributed by atoms with Crippen LogP contribution in [0.2, 0.25) is 0 Å². The molecule has 0 bridgehead atoms. The molecule has 1 aromatic heterocycles. The van der Waals surface area contributed by atoms with Gasteiger partial charge in [0.1, 0.15) is 11.2 Å². The van der Waals surface area contributed by atoms with E-state index in [4.69, 9.17) is 4.42 Å². The van der Waals surface area contributed by atoms with Gasteiger partial charge in [-0.25, -0.2) is 0 Å². The Balaban J connectivity index is 2.99. The fraction of sp³-hybridized carbons (Fsp3) is 0.600. The van der Waals surface area contributed by atoms with Crippen molar-refractivity contribution in [2.75, 3.05) is 0 Å². The molecule has 0 saturated heterocycles. The Morgan fingerprint density at radius 1 is 0.696 bits per heavy atom. The number of hydrogen-bond donors (Lipinski definition) is 2. The molecule has 0 spiro atoms. The van der Waals surface area contributed by atoms with Crippen molar-refractivity contribution in [3.63, 3.8) is 0 Å². The minimum absolute atomic E-state index is 0.360. The molecule has 2 unspecified atom stereocenters. The zero-order chi connectivity index (χ0) is 18.1. The molecule has 0 saturated carbocycles. The average molecular weight is 316 g/mol. The molecule has 2 N–H and O–H groups in total. The molecule has 126 valence electrons. The van der Waals surface area contributed by atoms with Crippen molar-refractivity contribution in [3.8, 4) is 23.7 Å². The molecule has 2 atom stereocenters. The lowest BCUT2D eigenvalue weighted by atomic mass is 9.78. The van der Waals surface area contributed by atoms with Crippen LogP contribution < -0.4 is 0 Å². The van der Waals surface area contributed by atoms with Crippen LogP contribution in [0.4, 0.5) is 0 Å². The third-order valence-corrected chi connectivity index (χ3v) is 4.39. The van der Waals surface area contributed by atoms with Gasteiger partial charge >= 0.3 is 0 Å². The van der Waals surface area contributed by atoms with Crippen LogP contribution in [0.15, 0.2) is 16.5 Å². The van der Waals surface area contributed by atoms with Crippen molar-refractivity contribution in [2.24, 2.45) is 10.8 Å². The summed E-state index contributed by atoms with van der Waals surface area (Å²) in [5, 5.41) is 20.7. The standard InChI is InChI=1S/C20H28O3/c1-17(2,3)19(7,21)13-11-15-9-10-16(23-15)12-14-20(8,22)18(4,5)6/h9-10,21-22H,1-8H3. The maximum absolute atomic E-state index is 10.3. The summed E-state index contributed by atoms with van der Waals surface area (Å²) >= 11 is 0. The molecule has 0 aliphatic heterocycles. The van der Waals surface area contributed by atoms with Gasteiger partial charge in [-0.1, -0.05) is 53.4 Å². The van der Waals surface area contributed by atoms with Crippen LogP contribution in [0.5, 0.6) is 0 Å². The van der Waals surface area contributed by atoms with Gasteiger partial charge in [0.05, 0.1) is 0 Å². The molecule has 0 amide bonds. The van der Waals surface area contributed by atoms with Crippen LogP contribution >= 0.6 is 0 Å². The highest BCUT2D eigenvalue weighted by Crippen LogP contribution is 2.30. The fourth-order valence-corrected chi connectivity index (χ4v) is 1.21. The second-order valence-electron chi connectivity index (χ2n) is 8.31. The summed E-state index contributed by atoms with van der Waals surface area (Å²) in [5.41, 5.74) is -2.97. The molecule has 0 radical (unpaired) electrons. The Hall–Kier alpha value is -1.68. The number of hydrogen-bond acceptors (Lipinski definition) is 3. The molecule has 23 heavy (non-hydrogen) atoms. The summed E-state index contributed by atoms with van der Waals surface area (Å²) in [5.74, 6) is 12.2. The Bertz CT molecular complexity index is 610. The zero-order valence-corrected chi connectivity index (χ0v) is 15.5. The van der Waals surface area contributed by atoms with E-state index in [9.17, 15) is 10.2 Å². The van der Waals surface area contributed by atoms with Gasteiger partial charge in [-0.3, -0.25) is 0 Å². The summed E-state index contributed by atoms with van der Waals surface area (Å²) in [6.07, 6.45) is 0. The lowest BCUT2D eigenvalue weighted by molar-refractivity contribution is 0.0127. The van der Waals surface area contributed by atoms with Gasteiger partial charge in [0, 0.05) is 10.8 Å².